The number of rotatable bonds is 4. The van der Waals surface area contributed by atoms with Crippen LogP contribution in [0.25, 0.3) is 11.4 Å². The third-order valence-corrected chi connectivity index (χ3v) is 5.46. The van der Waals surface area contributed by atoms with Gasteiger partial charge >= 0.3 is 0 Å². The minimum absolute atomic E-state index is 0.117. The zero-order valence-corrected chi connectivity index (χ0v) is 15.7. The lowest BCUT2D eigenvalue weighted by Crippen LogP contribution is -2.45. The van der Waals surface area contributed by atoms with E-state index in [-0.39, 0.29) is 11.8 Å². The molecule has 3 rings (SSSR count). The molecule has 0 unspecified atom stereocenters. The van der Waals surface area contributed by atoms with Gasteiger partial charge in [-0.15, -0.1) is 11.6 Å². The fraction of sp³-hybridized carbons (Fsp3) is 0.526. The van der Waals surface area contributed by atoms with Gasteiger partial charge in [0.25, 0.3) is 0 Å². The van der Waals surface area contributed by atoms with Gasteiger partial charge in [0.1, 0.15) is 0 Å². The number of hydrogen-bond acceptors (Lipinski definition) is 4. The van der Waals surface area contributed by atoms with Gasteiger partial charge in [0.15, 0.2) is 0 Å². The predicted octanol–water partition coefficient (Wildman–Crippen LogP) is 4.02. The van der Waals surface area contributed by atoms with Gasteiger partial charge in [-0.25, -0.2) is 0 Å². The highest BCUT2D eigenvalue weighted by atomic mass is 35.5. The molecule has 0 atom stereocenters. The lowest BCUT2D eigenvalue weighted by atomic mass is 9.91. The molecule has 1 aliphatic rings. The van der Waals surface area contributed by atoms with E-state index in [1.807, 2.05) is 49.9 Å². The molecular formula is C19H24ClN3O2. The van der Waals surface area contributed by atoms with Crippen molar-refractivity contribution in [1.82, 2.24) is 15.0 Å². The van der Waals surface area contributed by atoms with Gasteiger partial charge in [-0.3, -0.25) is 4.79 Å². The Labute approximate surface area is 153 Å². The third kappa shape index (κ3) is 3.87. The number of amides is 1. The summed E-state index contributed by atoms with van der Waals surface area (Å²) in [6.07, 6.45) is 1.67. The maximum atomic E-state index is 12.5. The molecule has 0 saturated carbocycles. The molecule has 2 aromatic rings. The lowest BCUT2D eigenvalue weighted by Gasteiger charge is -2.35. The molecule has 0 aliphatic carbocycles. The quantitative estimate of drug-likeness (QED) is 0.772. The molecule has 1 aliphatic heterocycles. The van der Waals surface area contributed by atoms with Gasteiger partial charge in [0.05, 0.1) is 5.41 Å². The van der Waals surface area contributed by atoms with Crippen LogP contribution in [0.1, 0.15) is 44.1 Å². The Balaban J connectivity index is 1.64. The summed E-state index contributed by atoms with van der Waals surface area (Å²) in [6, 6.07) is 8.07. The number of aromatic nitrogens is 2. The lowest BCUT2D eigenvalue weighted by molar-refractivity contribution is -0.140. The number of alkyl halides is 1. The minimum atomic E-state index is -0.516. The second-order valence-corrected chi connectivity index (χ2v) is 7.67. The molecule has 5 nitrogen and oxygen atoms in total. The van der Waals surface area contributed by atoms with Crippen LogP contribution >= 0.6 is 11.6 Å². The Bertz CT molecular complexity index is 731. The van der Waals surface area contributed by atoms with Crippen LogP contribution < -0.4 is 0 Å². The molecule has 0 radical (unpaired) electrons. The maximum absolute atomic E-state index is 12.5. The number of carbonyl (C=O) groups is 1. The van der Waals surface area contributed by atoms with Crippen molar-refractivity contribution in [3.05, 3.63) is 35.7 Å². The van der Waals surface area contributed by atoms with Crippen molar-refractivity contribution in [1.29, 1.82) is 0 Å². The topological polar surface area (TPSA) is 59.2 Å². The summed E-state index contributed by atoms with van der Waals surface area (Å²) in [5, 5.41) is 4.11. The van der Waals surface area contributed by atoms with E-state index in [0.717, 1.165) is 18.4 Å². The molecule has 0 bridgehead atoms. The average molecular weight is 362 g/mol. The number of halogens is 1. The first-order chi connectivity index (χ1) is 11.9. The summed E-state index contributed by atoms with van der Waals surface area (Å²) >= 11 is 5.92. The van der Waals surface area contributed by atoms with Crippen LogP contribution in [0.2, 0.25) is 0 Å². The molecule has 1 aromatic heterocycles. The van der Waals surface area contributed by atoms with Gasteiger partial charge in [0.2, 0.25) is 17.6 Å². The van der Waals surface area contributed by atoms with Crippen LogP contribution in [-0.4, -0.2) is 39.9 Å². The van der Waals surface area contributed by atoms with Gasteiger partial charge < -0.3 is 9.42 Å². The van der Waals surface area contributed by atoms with Crippen LogP contribution in [0.5, 0.6) is 0 Å². The Hall–Kier alpha value is -1.88. The molecule has 2 heterocycles. The van der Waals surface area contributed by atoms with Crippen molar-refractivity contribution in [3.63, 3.8) is 0 Å². The first-order valence-corrected chi connectivity index (χ1v) is 9.20. The van der Waals surface area contributed by atoms with E-state index in [9.17, 15) is 4.79 Å². The maximum Gasteiger partial charge on any atom is 0.230 e. The Morgan fingerprint density at radius 3 is 2.52 bits per heavy atom. The summed E-state index contributed by atoms with van der Waals surface area (Å²) in [5.74, 6) is 1.94. The summed E-state index contributed by atoms with van der Waals surface area (Å²) in [7, 11) is 0. The van der Waals surface area contributed by atoms with Gasteiger partial charge in [-0.1, -0.05) is 35.0 Å². The van der Waals surface area contributed by atoms with E-state index < -0.39 is 5.41 Å². The van der Waals surface area contributed by atoms with Crippen LogP contribution in [0.4, 0.5) is 0 Å². The third-order valence-electron chi connectivity index (χ3n) is 4.80. The molecule has 25 heavy (non-hydrogen) atoms. The van der Waals surface area contributed by atoms with Crippen LogP contribution in [0.3, 0.4) is 0 Å². The van der Waals surface area contributed by atoms with Gasteiger partial charge in [0, 0.05) is 30.5 Å². The molecule has 0 N–H and O–H groups in total. The van der Waals surface area contributed by atoms with E-state index in [0.29, 0.717) is 30.7 Å². The van der Waals surface area contributed by atoms with Crippen LogP contribution in [0, 0.1) is 12.3 Å². The minimum Gasteiger partial charge on any atom is -0.342 e. The van der Waals surface area contributed by atoms with E-state index in [4.69, 9.17) is 16.1 Å². The number of benzene rings is 1. The second kappa shape index (κ2) is 7.16. The highest BCUT2D eigenvalue weighted by molar-refractivity contribution is 6.19. The van der Waals surface area contributed by atoms with Crippen molar-refractivity contribution in [2.75, 3.05) is 19.0 Å². The molecule has 1 aromatic carbocycles. The molecule has 0 spiro atoms. The fourth-order valence-electron chi connectivity index (χ4n) is 3.04. The van der Waals surface area contributed by atoms with Crippen molar-refractivity contribution in [3.8, 4) is 11.4 Å². The normalized spacial score (nSPS) is 16.2. The average Bonchev–Trinajstić information content (AvgIpc) is 3.12. The first-order valence-electron chi connectivity index (χ1n) is 8.67. The Morgan fingerprint density at radius 2 is 1.92 bits per heavy atom. The van der Waals surface area contributed by atoms with Crippen molar-refractivity contribution in [2.45, 2.75) is 39.5 Å². The predicted molar refractivity (Wildman–Crippen MR) is 97.5 cm³/mol. The number of piperidine rings is 1. The standard InChI is InChI=1S/C19H24ClN3O2/c1-13-4-6-14(7-5-13)16-21-17(25-22-16)15-8-10-23(11-9-15)18(24)19(2,3)12-20/h4-7,15H,8-12H2,1-3H3. The first kappa shape index (κ1) is 17.9. The van der Waals surface area contributed by atoms with Crippen LogP contribution in [0.15, 0.2) is 28.8 Å². The summed E-state index contributed by atoms with van der Waals surface area (Å²) < 4.78 is 5.49. The van der Waals surface area contributed by atoms with Crippen LogP contribution in [-0.2, 0) is 4.79 Å². The summed E-state index contributed by atoms with van der Waals surface area (Å²) in [6.45, 7) is 7.23. The van der Waals surface area contributed by atoms with Crippen molar-refractivity contribution >= 4 is 17.5 Å². The number of nitrogens with zero attached hydrogens (tertiary/aromatic N) is 3. The van der Waals surface area contributed by atoms with E-state index in [1.165, 1.54) is 5.56 Å². The van der Waals surface area contributed by atoms with E-state index in [1.54, 1.807) is 0 Å². The largest absolute Gasteiger partial charge is 0.342 e. The SMILES string of the molecule is Cc1ccc(-c2noc(C3CCN(C(=O)C(C)(C)CCl)CC3)n2)cc1. The van der Waals surface area contributed by atoms with Gasteiger partial charge in [-0.2, -0.15) is 4.98 Å². The van der Waals surface area contributed by atoms with E-state index >= 15 is 0 Å². The molecule has 6 heteroatoms. The molecule has 1 fully saturated rings. The zero-order chi connectivity index (χ0) is 18.0. The van der Waals surface area contributed by atoms with Crippen molar-refractivity contribution < 1.29 is 9.32 Å². The molecule has 1 saturated heterocycles. The smallest absolute Gasteiger partial charge is 0.230 e. The molecule has 134 valence electrons. The second-order valence-electron chi connectivity index (χ2n) is 7.41. The molecule has 1 amide bonds. The summed E-state index contributed by atoms with van der Waals surface area (Å²) in [4.78, 5) is 19.0. The highest BCUT2D eigenvalue weighted by Crippen LogP contribution is 2.31. The number of hydrogen-bond donors (Lipinski definition) is 0. The summed E-state index contributed by atoms with van der Waals surface area (Å²) in [5.41, 5.74) is 1.64. The number of aryl methyl sites for hydroxylation is 1. The highest BCUT2D eigenvalue weighted by Gasteiger charge is 2.34. The van der Waals surface area contributed by atoms with Crippen molar-refractivity contribution in [2.24, 2.45) is 5.41 Å². The molecular weight excluding hydrogens is 338 g/mol. The number of carbonyl (C=O) groups excluding carboxylic acids is 1. The monoisotopic (exact) mass is 361 g/mol. The van der Waals surface area contributed by atoms with E-state index in [2.05, 4.69) is 10.1 Å². The van der Waals surface area contributed by atoms with Gasteiger partial charge in [-0.05, 0) is 33.6 Å². The fourth-order valence-corrected chi connectivity index (χ4v) is 3.15. The zero-order valence-electron chi connectivity index (χ0n) is 15.0. The Kier molecular flexibility index (Phi) is 5.13. The number of likely N-dealkylation sites (tertiary alicyclic amines) is 1. The Morgan fingerprint density at radius 1 is 1.28 bits per heavy atom.